The molecule has 0 atom stereocenters. The molecule has 29 heavy (non-hydrogen) atoms. The van der Waals surface area contributed by atoms with Gasteiger partial charge in [-0.2, -0.15) is 0 Å². The standard InChI is InChI=1S/C20H21ClN4O4/c1-2-3-10-24-17(22)16(18(26)23-20(24)28)25(12-15-5-4-11-29-15)19(27)13-6-8-14(21)9-7-13/h4-9,11H,2-3,10,12,22H2,1H3,(H,23,26,28). The van der Waals surface area contributed by atoms with Gasteiger partial charge in [0.2, 0.25) is 0 Å². The molecule has 0 spiro atoms. The maximum absolute atomic E-state index is 13.2. The Kier molecular flexibility index (Phi) is 6.23. The van der Waals surface area contributed by atoms with Crippen molar-refractivity contribution >= 4 is 29.0 Å². The van der Waals surface area contributed by atoms with Crippen LogP contribution in [0.3, 0.4) is 0 Å². The Bertz CT molecular complexity index is 1100. The third kappa shape index (κ3) is 4.43. The van der Waals surface area contributed by atoms with E-state index in [1.165, 1.54) is 15.7 Å². The number of hydrogen-bond acceptors (Lipinski definition) is 5. The van der Waals surface area contributed by atoms with Crippen LogP contribution in [0.4, 0.5) is 11.5 Å². The second-order valence-electron chi connectivity index (χ2n) is 6.48. The molecule has 8 nitrogen and oxygen atoms in total. The summed E-state index contributed by atoms with van der Waals surface area (Å²) in [5.74, 6) is -0.0885. The molecule has 3 aromatic rings. The highest BCUT2D eigenvalue weighted by Gasteiger charge is 2.26. The Labute approximate surface area is 171 Å². The van der Waals surface area contributed by atoms with E-state index in [1.807, 2.05) is 6.92 Å². The van der Waals surface area contributed by atoms with Crippen LogP contribution >= 0.6 is 11.6 Å². The van der Waals surface area contributed by atoms with Crippen molar-refractivity contribution in [3.63, 3.8) is 0 Å². The summed E-state index contributed by atoms with van der Waals surface area (Å²) in [5.41, 5.74) is 5.05. The molecule has 0 saturated heterocycles. The van der Waals surface area contributed by atoms with Crippen LogP contribution in [-0.2, 0) is 13.1 Å². The van der Waals surface area contributed by atoms with Gasteiger partial charge >= 0.3 is 5.69 Å². The number of unbranched alkanes of at least 4 members (excludes halogenated alkanes) is 1. The largest absolute Gasteiger partial charge is 0.467 e. The van der Waals surface area contributed by atoms with E-state index in [1.54, 1.807) is 36.4 Å². The minimum Gasteiger partial charge on any atom is -0.467 e. The summed E-state index contributed by atoms with van der Waals surface area (Å²) in [4.78, 5) is 41.6. The highest BCUT2D eigenvalue weighted by atomic mass is 35.5. The summed E-state index contributed by atoms with van der Waals surface area (Å²) >= 11 is 5.91. The molecule has 9 heteroatoms. The molecule has 1 aromatic carbocycles. The summed E-state index contributed by atoms with van der Waals surface area (Å²) in [6.07, 6.45) is 3.00. The second-order valence-corrected chi connectivity index (χ2v) is 6.91. The van der Waals surface area contributed by atoms with Crippen LogP contribution in [0.5, 0.6) is 0 Å². The number of nitrogens with zero attached hydrogens (tertiary/aromatic N) is 2. The molecule has 1 amide bonds. The van der Waals surface area contributed by atoms with Gasteiger partial charge in [-0.25, -0.2) is 4.79 Å². The van der Waals surface area contributed by atoms with E-state index in [0.717, 1.165) is 6.42 Å². The van der Waals surface area contributed by atoms with Crippen molar-refractivity contribution in [1.29, 1.82) is 0 Å². The molecule has 152 valence electrons. The van der Waals surface area contributed by atoms with Gasteiger partial charge in [0.1, 0.15) is 11.6 Å². The van der Waals surface area contributed by atoms with Crippen molar-refractivity contribution in [3.8, 4) is 0 Å². The van der Waals surface area contributed by atoms with Gasteiger partial charge in [0, 0.05) is 17.1 Å². The first kappa shape index (κ1) is 20.5. The summed E-state index contributed by atoms with van der Waals surface area (Å²) in [5, 5.41) is 0.476. The molecular formula is C20H21ClN4O4. The number of aromatic amines is 1. The van der Waals surface area contributed by atoms with Crippen molar-refractivity contribution in [2.45, 2.75) is 32.9 Å². The second kappa shape index (κ2) is 8.83. The number of nitrogens with one attached hydrogen (secondary N) is 1. The van der Waals surface area contributed by atoms with E-state index in [2.05, 4.69) is 4.98 Å². The summed E-state index contributed by atoms with van der Waals surface area (Å²) < 4.78 is 6.62. The topological polar surface area (TPSA) is 114 Å². The lowest BCUT2D eigenvalue weighted by Gasteiger charge is -2.24. The van der Waals surface area contributed by atoms with Crippen LogP contribution in [0.25, 0.3) is 0 Å². The zero-order valence-electron chi connectivity index (χ0n) is 15.9. The molecule has 3 rings (SSSR count). The number of carbonyl (C=O) groups is 1. The fraction of sp³-hybridized carbons (Fsp3) is 0.250. The number of anilines is 2. The number of carbonyl (C=O) groups excluding carboxylic acids is 1. The fourth-order valence-corrected chi connectivity index (χ4v) is 3.06. The van der Waals surface area contributed by atoms with Crippen LogP contribution < -0.4 is 21.9 Å². The maximum Gasteiger partial charge on any atom is 0.330 e. The fourth-order valence-electron chi connectivity index (χ4n) is 2.94. The molecule has 0 radical (unpaired) electrons. The van der Waals surface area contributed by atoms with E-state index in [-0.39, 0.29) is 18.1 Å². The number of furan rings is 1. The van der Waals surface area contributed by atoms with Crippen molar-refractivity contribution in [3.05, 3.63) is 79.8 Å². The third-order valence-corrected chi connectivity index (χ3v) is 4.70. The van der Waals surface area contributed by atoms with Gasteiger partial charge in [0.25, 0.3) is 11.5 Å². The Hall–Kier alpha value is -3.26. The van der Waals surface area contributed by atoms with Crippen LogP contribution in [0.1, 0.15) is 35.9 Å². The van der Waals surface area contributed by atoms with Gasteiger partial charge in [0.15, 0.2) is 5.69 Å². The first-order chi connectivity index (χ1) is 13.9. The lowest BCUT2D eigenvalue weighted by atomic mass is 10.2. The van der Waals surface area contributed by atoms with Gasteiger partial charge in [-0.3, -0.25) is 24.0 Å². The highest BCUT2D eigenvalue weighted by Crippen LogP contribution is 2.23. The SMILES string of the molecule is CCCCn1c(N)c(N(Cc2ccco2)C(=O)c2ccc(Cl)cc2)c(=O)[nH]c1=O. The monoisotopic (exact) mass is 416 g/mol. The number of benzene rings is 1. The van der Waals surface area contributed by atoms with E-state index in [0.29, 0.717) is 29.3 Å². The molecular weight excluding hydrogens is 396 g/mol. The van der Waals surface area contributed by atoms with Crippen molar-refractivity contribution < 1.29 is 9.21 Å². The number of hydrogen-bond donors (Lipinski definition) is 2. The van der Waals surface area contributed by atoms with Gasteiger partial charge < -0.3 is 10.2 Å². The molecule has 2 heterocycles. The molecule has 0 unspecified atom stereocenters. The first-order valence-corrected chi connectivity index (χ1v) is 9.52. The average Bonchev–Trinajstić information content (AvgIpc) is 3.20. The van der Waals surface area contributed by atoms with Gasteiger partial charge in [-0.05, 0) is 42.8 Å². The number of nitrogen functional groups attached to an aromatic ring is 1. The van der Waals surface area contributed by atoms with Crippen LogP contribution in [0.15, 0.2) is 56.7 Å². The number of aromatic nitrogens is 2. The lowest BCUT2D eigenvalue weighted by Crippen LogP contribution is -2.40. The third-order valence-electron chi connectivity index (χ3n) is 4.45. The maximum atomic E-state index is 13.2. The van der Waals surface area contributed by atoms with Gasteiger partial charge in [-0.1, -0.05) is 24.9 Å². The number of rotatable bonds is 7. The molecule has 2 aromatic heterocycles. The molecule has 3 N–H and O–H groups in total. The minimum atomic E-state index is -0.742. The van der Waals surface area contributed by atoms with E-state index >= 15 is 0 Å². The molecule has 0 fully saturated rings. The predicted molar refractivity (Wildman–Crippen MR) is 111 cm³/mol. The molecule has 0 aliphatic rings. The van der Waals surface area contributed by atoms with Gasteiger partial charge in [-0.15, -0.1) is 0 Å². The van der Waals surface area contributed by atoms with Crippen molar-refractivity contribution in [2.24, 2.45) is 0 Å². The van der Waals surface area contributed by atoms with Crippen LogP contribution in [0.2, 0.25) is 5.02 Å². The van der Waals surface area contributed by atoms with E-state index in [4.69, 9.17) is 21.8 Å². The molecule has 0 aliphatic carbocycles. The molecule has 0 bridgehead atoms. The summed E-state index contributed by atoms with van der Waals surface area (Å²) in [6.45, 7) is 2.27. The number of halogens is 1. The van der Waals surface area contributed by atoms with Crippen LogP contribution in [-0.4, -0.2) is 15.5 Å². The minimum absolute atomic E-state index is 0.0340. The number of amides is 1. The highest BCUT2D eigenvalue weighted by molar-refractivity contribution is 6.30. The Morgan fingerprint density at radius 2 is 1.97 bits per heavy atom. The average molecular weight is 417 g/mol. The smallest absolute Gasteiger partial charge is 0.330 e. The number of nitrogens with two attached hydrogens (primary N) is 1. The zero-order chi connectivity index (χ0) is 21.0. The van der Waals surface area contributed by atoms with E-state index < -0.39 is 17.2 Å². The molecule has 0 saturated carbocycles. The van der Waals surface area contributed by atoms with Crippen molar-refractivity contribution in [1.82, 2.24) is 9.55 Å². The van der Waals surface area contributed by atoms with E-state index in [9.17, 15) is 14.4 Å². The zero-order valence-corrected chi connectivity index (χ0v) is 16.6. The summed E-state index contributed by atoms with van der Waals surface area (Å²) in [7, 11) is 0. The Morgan fingerprint density at radius 3 is 2.59 bits per heavy atom. The quantitative estimate of drug-likeness (QED) is 0.614. The van der Waals surface area contributed by atoms with Crippen molar-refractivity contribution in [2.75, 3.05) is 10.6 Å². The summed E-state index contributed by atoms with van der Waals surface area (Å²) in [6, 6.07) is 9.62. The molecule has 0 aliphatic heterocycles. The number of H-pyrrole nitrogens is 1. The Morgan fingerprint density at radius 1 is 1.24 bits per heavy atom. The normalized spacial score (nSPS) is 10.8. The predicted octanol–water partition coefficient (Wildman–Crippen LogP) is 3.01. The Balaban J connectivity index is 2.13. The lowest BCUT2D eigenvalue weighted by molar-refractivity contribution is 0.0983. The van der Waals surface area contributed by atoms with Crippen LogP contribution in [0, 0.1) is 0 Å². The van der Waals surface area contributed by atoms with Gasteiger partial charge in [0.05, 0.1) is 12.8 Å². The first-order valence-electron chi connectivity index (χ1n) is 9.14.